The molecular formula is C13H20BrNO2. The number of hydrogen-bond acceptors (Lipinski definition) is 3. The van der Waals surface area contributed by atoms with E-state index in [2.05, 4.69) is 40.3 Å². The Labute approximate surface area is 111 Å². The molecule has 3 N–H and O–H groups in total. The molecule has 0 aliphatic rings. The standard InChI is InChI=1S/C13H20BrNO2/c1-10(11-4-3-5-12(14)6-11)15-7-13(2,8-16)9-17/h3-6,10,15-17H,7-9H2,1-2H3/t10-/m1/s1. The normalized spacial score (nSPS) is 13.7. The largest absolute Gasteiger partial charge is 0.396 e. The van der Waals surface area contributed by atoms with Crippen molar-refractivity contribution in [3.8, 4) is 0 Å². The highest BCUT2D eigenvalue weighted by molar-refractivity contribution is 9.10. The van der Waals surface area contributed by atoms with Crippen molar-refractivity contribution < 1.29 is 10.2 Å². The monoisotopic (exact) mass is 301 g/mol. The minimum absolute atomic E-state index is 0.0261. The van der Waals surface area contributed by atoms with Crippen molar-refractivity contribution in [1.82, 2.24) is 5.32 Å². The van der Waals surface area contributed by atoms with E-state index in [1.165, 1.54) is 5.56 Å². The third kappa shape index (κ3) is 4.39. The maximum Gasteiger partial charge on any atom is 0.0519 e. The topological polar surface area (TPSA) is 52.5 Å². The minimum atomic E-state index is -0.472. The average Bonchev–Trinajstić information content (AvgIpc) is 2.35. The summed E-state index contributed by atoms with van der Waals surface area (Å²) in [5, 5.41) is 21.7. The summed E-state index contributed by atoms with van der Waals surface area (Å²) in [7, 11) is 0. The Bertz CT molecular complexity index is 353. The SMILES string of the molecule is C[C@@H](NCC(C)(CO)CO)c1cccc(Br)c1. The highest BCUT2D eigenvalue weighted by Crippen LogP contribution is 2.20. The number of benzene rings is 1. The van der Waals surface area contributed by atoms with E-state index in [0.29, 0.717) is 6.54 Å². The first-order valence-corrected chi connectivity index (χ1v) is 6.50. The molecule has 0 bridgehead atoms. The van der Waals surface area contributed by atoms with Gasteiger partial charge in [-0.25, -0.2) is 0 Å². The fraction of sp³-hybridized carbons (Fsp3) is 0.538. The molecule has 1 rings (SSSR count). The van der Waals surface area contributed by atoms with Crippen LogP contribution in [0, 0.1) is 5.41 Å². The van der Waals surface area contributed by atoms with E-state index < -0.39 is 5.41 Å². The zero-order chi connectivity index (χ0) is 12.9. The fourth-order valence-corrected chi connectivity index (χ4v) is 1.87. The lowest BCUT2D eigenvalue weighted by atomic mass is 9.92. The molecular weight excluding hydrogens is 282 g/mol. The molecule has 0 heterocycles. The molecule has 0 saturated carbocycles. The van der Waals surface area contributed by atoms with Crippen LogP contribution >= 0.6 is 15.9 Å². The van der Waals surface area contributed by atoms with Gasteiger partial charge in [0.1, 0.15) is 0 Å². The first kappa shape index (κ1) is 14.6. The molecule has 1 aromatic carbocycles. The van der Waals surface area contributed by atoms with Crippen LogP contribution in [0.15, 0.2) is 28.7 Å². The molecule has 1 atom stereocenters. The molecule has 0 spiro atoms. The maximum atomic E-state index is 9.21. The van der Waals surface area contributed by atoms with Crippen LogP contribution in [0.1, 0.15) is 25.5 Å². The molecule has 96 valence electrons. The molecule has 0 aromatic heterocycles. The molecule has 3 nitrogen and oxygen atoms in total. The summed E-state index contributed by atoms with van der Waals surface area (Å²) in [5.74, 6) is 0. The predicted molar refractivity (Wildman–Crippen MR) is 72.8 cm³/mol. The van der Waals surface area contributed by atoms with Crippen molar-refractivity contribution >= 4 is 15.9 Å². The van der Waals surface area contributed by atoms with Crippen LogP contribution in [0.4, 0.5) is 0 Å². The van der Waals surface area contributed by atoms with Gasteiger partial charge in [-0.2, -0.15) is 0 Å². The Kier molecular flexibility index (Phi) is 5.59. The molecule has 17 heavy (non-hydrogen) atoms. The van der Waals surface area contributed by atoms with Crippen molar-refractivity contribution in [1.29, 1.82) is 0 Å². The summed E-state index contributed by atoms with van der Waals surface area (Å²) in [6.45, 7) is 4.45. The van der Waals surface area contributed by atoms with Crippen molar-refractivity contribution in [3.05, 3.63) is 34.3 Å². The Morgan fingerprint density at radius 1 is 1.35 bits per heavy atom. The predicted octanol–water partition coefficient (Wildman–Crippen LogP) is 2.09. The smallest absolute Gasteiger partial charge is 0.0519 e. The number of aliphatic hydroxyl groups is 2. The fourth-order valence-electron chi connectivity index (χ4n) is 1.46. The molecule has 0 saturated heterocycles. The van der Waals surface area contributed by atoms with Gasteiger partial charge in [0.05, 0.1) is 13.2 Å². The quantitative estimate of drug-likeness (QED) is 0.754. The van der Waals surface area contributed by atoms with Gasteiger partial charge in [-0.05, 0) is 24.6 Å². The second-order valence-corrected chi connectivity index (χ2v) is 5.70. The van der Waals surface area contributed by atoms with Gasteiger partial charge < -0.3 is 15.5 Å². The number of halogens is 1. The Hall–Kier alpha value is -0.420. The number of nitrogens with one attached hydrogen (secondary N) is 1. The van der Waals surface area contributed by atoms with Crippen LogP contribution in [0.3, 0.4) is 0 Å². The van der Waals surface area contributed by atoms with E-state index in [4.69, 9.17) is 0 Å². The van der Waals surface area contributed by atoms with E-state index in [0.717, 1.165) is 4.47 Å². The van der Waals surface area contributed by atoms with Gasteiger partial charge in [0.25, 0.3) is 0 Å². The summed E-state index contributed by atoms with van der Waals surface area (Å²) in [6.07, 6.45) is 0. The summed E-state index contributed by atoms with van der Waals surface area (Å²) in [6, 6.07) is 8.28. The van der Waals surface area contributed by atoms with Crippen molar-refractivity contribution in [2.75, 3.05) is 19.8 Å². The van der Waals surface area contributed by atoms with Crippen molar-refractivity contribution in [2.45, 2.75) is 19.9 Å². The highest BCUT2D eigenvalue weighted by atomic mass is 79.9. The second-order valence-electron chi connectivity index (χ2n) is 4.78. The van der Waals surface area contributed by atoms with Crippen LogP contribution in [0.5, 0.6) is 0 Å². The molecule has 0 unspecified atom stereocenters. The van der Waals surface area contributed by atoms with Crippen LogP contribution in [-0.4, -0.2) is 30.0 Å². The van der Waals surface area contributed by atoms with Gasteiger partial charge in [-0.3, -0.25) is 0 Å². The number of hydrogen-bond donors (Lipinski definition) is 3. The maximum absolute atomic E-state index is 9.21. The van der Waals surface area contributed by atoms with Gasteiger partial charge in [-0.15, -0.1) is 0 Å². The average molecular weight is 302 g/mol. The Balaban J connectivity index is 2.58. The van der Waals surface area contributed by atoms with E-state index in [-0.39, 0.29) is 19.3 Å². The zero-order valence-corrected chi connectivity index (χ0v) is 11.9. The summed E-state index contributed by atoms with van der Waals surface area (Å²) < 4.78 is 1.05. The second kappa shape index (κ2) is 6.50. The summed E-state index contributed by atoms with van der Waals surface area (Å²) in [5.41, 5.74) is 0.706. The lowest BCUT2D eigenvalue weighted by Crippen LogP contribution is -2.38. The van der Waals surface area contributed by atoms with Crippen LogP contribution in [0.25, 0.3) is 0 Å². The van der Waals surface area contributed by atoms with Gasteiger partial charge in [0, 0.05) is 22.5 Å². The van der Waals surface area contributed by atoms with Gasteiger partial charge in [0.2, 0.25) is 0 Å². The third-order valence-corrected chi connectivity index (χ3v) is 3.44. The molecule has 4 heteroatoms. The Morgan fingerprint density at radius 2 is 2.00 bits per heavy atom. The minimum Gasteiger partial charge on any atom is -0.396 e. The van der Waals surface area contributed by atoms with Gasteiger partial charge >= 0.3 is 0 Å². The zero-order valence-electron chi connectivity index (χ0n) is 10.3. The molecule has 1 aromatic rings. The lowest BCUT2D eigenvalue weighted by molar-refractivity contribution is 0.0677. The summed E-state index contributed by atoms with van der Waals surface area (Å²) in [4.78, 5) is 0. The first-order valence-electron chi connectivity index (χ1n) is 5.71. The molecule has 0 radical (unpaired) electrons. The highest BCUT2D eigenvalue weighted by Gasteiger charge is 2.22. The first-order chi connectivity index (χ1) is 8.00. The Morgan fingerprint density at radius 3 is 2.53 bits per heavy atom. The van der Waals surface area contributed by atoms with Crippen LogP contribution in [-0.2, 0) is 0 Å². The van der Waals surface area contributed by atoms with Crippen molar-refractivity contribution in [3.63, 3.8) is 0 Å². The van der Waals surface area contributed by atoms with E-state index in [9.17, 15) is 10.2 Å². The molecule has 0 aliphatic carbocycles. The lowest BCUT2D eigenvalue weighted by Gasteiger charge is -2.27. The summed E-state index contributed by atoms with van der Waals surface area (Å²) >= 11 is 3.44. The van der Waals surface area contributed by atoms with E-state index in [1.807, 2.05) is 19.1 Å². The molecule has 0 amide bonds. The van der Waals surface area contributed by atoms with Crippen molar-refractivity contribution in [2.24, 2.45) is 5.41 Å². The van der Waals surface area contributed by atoms with Crippen LogP contribution < -0.4 is 5.32 Å². The number of aliphatic hydroxyl groups excluding tert-OH is 2. The third-order valence-electron chi connectivity index (χ3n) is 2.95. The van der Waals surface area contributed by atoms with E-state index >= 15 is 0 Å². The van der Waals surface area contributed by atoms with Gasteiger partial charge in [0.15, 0.2) is 0 Å². The number of rotatable bonds is 6. The van der Waals surface area contributed by atoms with E-state index in [1.54, 1.807) is 0 Å². The molecule has 0 aliphatic heterocycles. The molecule has 0 fully saturated rings. The van der Waals surface area contributed by atoms with Gasteiger partial charge in [-0.1, -0.05) is 35.0 Å². The van der Waals surface area contributed by atoms with Crippen LogP contribution in [0.2, 0.25) is 0 Å².